The Morgan fingerprint density at radius 1 is 0.903 bits per heavy atom. The van der Waals surface area contributed by atoms with E-state index >= 15 is 0 Å². The number of aliphatic hydroxyl groups is 2. The Kier molecular flexibility index (Phi) is 3.97. The van der Waals surface area contributed by atoms with Crippen LogP contribution in [0.4, 0.5) is 5.82 Å². The molecule has 6 rings (SSSR count). The van der Waals surface area contributed by atoms with Crippen LogP contribution in [-0.2, 0) is 11.3 Å². The van der Waals surface area contributed by atoms with Gasteiger partial charge in [-0.15, -0.1) is 0 Å². The fourth-order valence-electron chi connectivity index (χ4n) is 4.55. The molecule has 0 amide bonds. The SMILES string of the molecule is Nc1ncnc2c1ncn2C1OC(Cn2c3ccccc3c3ccccc32)C(O)C1O. The average molecular weight is 416 g/mol. The second kappa shape index (κ2) is 6.74. The summed E-state index contributed by atoms with van der Waals surface area (Å²) in [7, 11) is 0. The quantitative estimate of drug-likeness (QED) is 0.410. The highest BCUT2D eigenvalue weighted by Gasteiger charge is 2.44. The van der Waals surface area contributed by atoms with Crippen molar-refractivity contribution in [3.8, 4) is 0 Å². The van der Waals surface area contributed by atoms with Gasteiger partial charge in [0.2, 0.25) is 0 Å². The van der Waals surface area contributed by atoms with Crippen LogP contribution in [0, 0.1) is 0 Å². The maximum absolute atomic E-state index is 10.8. The summed E-state index contributed by atoms with van der Waals surface area (Å²) in [5.74, 6) is 0.249. The number of benzene rings is 2. The van der Waals surface area contributed by atoms with Crippen LogP contribution >= 0.6 is 0 Å². The van der Waals surface area contributed by atoms with Crippen molar-refractivity contribution in [2.24, 2.45) is 0 Å². The fraction of sp³-hybridized carbons (Fsp3) is 0.227. The number of nitrogens with zero attached hydrogens (tertiary/aromatic N) is 5. The zero-order valence-corrected chi connectivity index (χ0v) is 16.4. The summed E-state index contributed by atoms with van der Waals surface area (Å²) < 4.78 is 9.87. The highest BCUT2D eigenvalue weighted by molar-refractivity contribution is 6.07. The normalized spacial score (nSPS) is 23.9. The number of nitrogen functional groups attached to an aromatic ring is 1. The van der Waals surface area contributed by atoms with Gasteiger partial charge in [-0.1, -0.05) is 36.4 Å². The number of hydrogen-bond acceptors (Lipinski definition) is 7. The van der Waals surface area contributed by atoms with Crippen LogP contribution in [0.5, 0.6) is 0 Å². The highest BCUT2D eigenvalue weighted by Crippen LogP contribution is 2.35. The van der Waals surface area contributed by atoms with E-state index in [1.165, 1.54) is 12.7 Å². The van der Waals surface area contributed by atoms with Crippen molar-refractivity contribution in [1.82, 2.24) is 24.1 Å². The number of anilines is 1. The van der Waals surface area contributed by atoms with Gasteiger partial charge in [0.05, 0.1) is 12.9 Å². The third-order valence-corrected chi connectivity index (χ3v) is 6.04. The summed E-state index contributed by atoms with van der Waals surface area (Å²) in [6, 6.07) is 16.3. The fourth-order valence-corrected chi connectivity index (χ4v) is 4.55. The van der Waals surface area contributed by atoms with Gasteiger partial charge in [0.15, 0.2) is 17.7 Å². The number of rotatable bonds is 3. The summed E-state index contributed by atoms with van der Waals surface area (Å²) in [6.45, 7) is 0.381. The maximum Gasteiger partial charge on any atom is 0.167 e. The number of para-hydroxylation sites is 2. The Bertz CT molecular complexity index is 1370. The average Bonchev–Trinajstić information content (AvgIpc) is 3.44. The predicted octanol–water partition coefficient (Wildman–Crippen LogP) is 1.84. The second-order valence-corrected chi connectivity index (χ2v) is 7.77. The third-order valence-electron chi connectivity index (χ3n) is 6.04. The molecular weight excluding hydrogens is 396 g/mol. The first kappa shape index (κ1) is 18.3. The summed E-state index contributed by atoms with van der Waals surface area (Å²) >= 11 is 0. The lowest BCUT2D eigenvalue weighted by atomic mass is 10.1. The minimum absolute atomic E-state index is 0.249. The molecule has 4 N–H and O–H groups in total. The molecule has 4 atom stereocenters. The molecule has 0 spiro atoms. The van der Waals surface area contributed by atoms with Crippen LogP contribution in [0.2, 0.25) is 0 Å². The number of imidazole rings is 1. The van der Waals surface area contributed by atoms with Crippen LogP contribution in [0.15, 0.2) is 61.2 Å². The van der Waals surface area contributed by atoms with Crippen molar-refractivity contribution in [2.45, 2.75) is 31.1 Å². The standard InChI is InChI=1S/C22H20N6O3/c23-20-17-21(25-10-24-20)28(11-26-17)22-19(30)18(29)16(31-22)9-27-14-7-3-1-5-12(14)13-6-2-4-8-15(13)27/h1-8,10-11,16,18-19,22,29-30H,9H2,(H2,23,24,25). The largest absolute Gasteiger partial charge is 0.387 e. The molecule has 3 aromatic heterocycles. The summed E-state index contributed by atoms with van der Waals surface area (Å²) in [6.07, 6.45) is -0.862. The highest BCUT2D eigenvalue weighted by atomic mass is 16.6. The molecule has 9 nitrogen and oxygen atoms in total. The molecule has 4 unspecified atom stereocenters. The van der Waals surface area contributed by atoms with E-state index in [1.807, 2.05) is 36.4 Å². The van der Waals surface area contributed by atoms with E-state index < -0.39 is 24.5 Å². The number of nitrogens with two attached hydrogens (primary N) is 1. The van der Waals surface area contributed by atoms with E-state index in [0.717, 1.165) is 21.8 Å². The zero-order valence-electron chi connectivity index (χ0n) is 16.4. The first-order valence-corrected chi connectivity index (χ1v) is 10.0. The monoisotopic (exact) mass is 416 g/mol. The van der Waals surface area contributed by atoms with Gasteiger partial charge < -0.3 is 25.3 Å². The Morgan fingerprint density at radius 3 is 2.29 bits per heavy atom. The molecule has 1 aliphatic rings. The lowest BCUT2D eigenvalue weighted by molar-refractivity contribution is -0.0387. The summed E-state index contributed by atoms with van der Waals surface area (Å²) in [5, 5.41) is 23.9. The van der Waals surface area contributed by atoms with Gasteiger partial charge >= 0.3 is 0 Å². The van der Waals surface area contributed by atoms with Crippen molar-refractivity contribution in [1.29, 1.82) is 0 Å². The molecular formula is C22H20N6O3. The second-order valence-electron chi connectivity index (χ2n) is 7.77. The molecule has 0 saturated carbocycles. The molecule has 0 bridgehead atoms. The van der Waals surface area contributed by atoms with E-state index in [9.17, 15) is 10.2 Å². The van der Waals surface area contributed by atoms with E-state index in [1.54, 1.807) is 4.57 Å². The molecule has 0 aliphatic carbocycles. The van der Waals surface area contributed by atoms with Gasteiger partial charge in [-0.25, -0.2) is 15.0 Å². The number of fused-ring (bicyclic) bond motifs is 4. The van der Waals surface area contributed by atoms with Gasteiger partial charge in [-0.3, -0.25) is 4.57 Å². The van der Waals surface area contributed by atoms with Crippen molar-refractivity contribution in [3.63, 3.8) is 0 Å². The van der Waals surface area contributed by atoms with Crippen LogP contribution in [0.1, 0.15) is 6.23 Å². The number of aromatic nitrogens is 5. The van der Waals surface area contributed by atoms with Gasteiger partial charge in [0.1, 0.15) is 30.2 Å². The van der Waals surface area contributed by atoms with Crippen molar-refractivity contribution in [2.75, 3.05) is 5.73 Å². The zero-order chi connectivity index (χ0) is 21.1. The van der Waals surface area contributed by atoms with Gasteiger partial charge in [0, 0.05) is 21.8 Å². The number of aliphatic hydroxyl groups excluding tert-OH is 2. The lowest BCUT2D eigenvalue weighted by Crippen LogP contribution is -2.33. The summed E-state index contributed by atoms with van der Waals surface area (Å²) in [5.41, 5.74) is 8.84. The molecule has 1 aliphatic heterocycles. The molecule has 31 heavy (non-hydrogen) atoms. The predicted molar refractivity (Wildman–Crippen MR) is 115 cm³/mol. The van der Waals surface area contributed by atoms with Crippen molar-refractivity contribution >= 4 is 38.8 Å². The first-order chi connectivity index (χ1) is 15.1. The Hall–Kier alpha value is -3.53. The molecule has 4 heterocycles. The van der Waals surface area contributed by atoms with E-state index in [2.05, 4.69) is 31.7 Å². The van der Waals surface area contributed by atoms with Crippen molar-refractivity contribution in [3.05, 3.63) is 61.2 Å². The van der Waals surface area contributed by atoms with Gasteiger partial charge in [-0.05, 0) is 12.1 Å². The Balaban J connectivity index is 1.39. The molecule has 0 radical (unpaired) electrons. The van der Waals surface area contributed by atoms with Gasteiger partial charge in [0.25, 0.3) is 0 Å². The number of ether oxygens (including phenoxy) is 1. The van der Waals surface area contributed by atoms with E-state index in [4.69, 9.17) is 10.5 Å². The molecule has 2 aromatic carbocycles. The van der Waals surface area contributed by atoms with Crippen molar-refractivity contribution < 1.29 is 14.9 Å². The smallest absolute Gasteiger partial charge is 0.167 e. The van der Waals surface area contributed by atoms with Crippen LogP contribution in [0.25, 0.3) is 33.0 Å². The Morgan fingerprint density at radius 2 is 1.58 bits per heavy atom. The molecule has 156 valence electrons. The number of hydrogen-bond donors (Lipinski definition) is 3. The lowest BCUT2D eigenvalue weighted by Gasteiger charge is -2.17. The molecule has 5 aromatic rings. The van der Waals surface area contributed by atoms with E-state index in [-0.39, 0.29) is 5.82 Å². The van der Waals surface area contributed by atoms with Crippen LogP contribution in [-0.4, -0.2) is 52.6 Å². The molecule has 9 heteroatoms. The maximum atomic E-state index is 10.8. The first-order valence-electron chi connectivity index (χ1n) is 10.0. The minimum Gasteiger partial charge on any atom is -0.387 e. The van der Waals surface area contributed by atoms with Crippen LogP contribution in [0.3, 0.4) is 0 Å². The van der Waals surface area contributed by atoms with Crippen LogP contribution < -0.4 is 5.73 Å². The summed E-state index contributed by atoms with van der Waals surface area (Å²) in [4.78, 5) is 12.4. The van der Waals surface area contributed by atoms with E-state index in [0.29, 0.717) is 17.7 Å². The minimum atomic E-state index is -1.15. The Labute approximate surface area is 176 Å². The molecule has 1 fully saturated rings. The third kappa shape index (κ3) is 2.64. The topological polar surface area (TPSA) is 124 Å². The van der Waals surface area contributed by atoms with Gasteiger partial charge in [-0.2, -0.15) is 0 Å². The molecule has 1 saturated heterocycles.